The van der Waals surface area contributed by atoms with Gasteiger partial charge < -0.3 is 15.8 Å². The minimum atomic E-state index is -0.143. The highest BCUT2D eigenvalue weighted by atomic mass is 16.5. The molecule has 5 nitrogen and oxygen atoms in total. The molecular weight excluding hydrogens is 230 g/mol. The quantitative estimate of drug-likeness (QED) is 0.563. The van der Waals surface area contributed by atoms with Crippen molar-refractivity contribution in [1.82, 2.24) is 10.2 Å². The highest BCUT2D eigenvalue weighted by Gasteiger charge is 2.25. The fraction of sp³-hybridized carbons (Fsp3) is 0.923. The molecule has 0 saturated heterocycles. The zero-order valence-electron chi connectivity index (χ0n) is 12.2. The molecule has 0 bridgehead atoms. The number of ether oxygens (including phenoxy) is 1. The van der Waals surface area contributed by atoms with Crippen LogP contribution in [0, 0.1) is 0 Å². The summed E-state index contributed by atoms with van der Waals surface area (Å²) in [6.07, 6.45) is 2.07. The van der Waals surface area contributed by atoms with E-state index in [0.717, 1.165) is 19.4 Å². The largest absolute Gasteiger partial charge is 0.383 e. The van der Waals surface area contributed by atoms with Crippen LogP contribution in [-0.2, 0) is 9.53 Å². The van der Waals surface area contributed by atoms with Gasteiger partial charge in [0.05, 0.1) is 12.6 Å². The van der Waals surface area contributed by atoms with Crippen LogP contribution in [0.15, 0.2) is 0 Å². The fourth-order valence-electron chi connectivity index (χ4n) is 2.17. The number of amides is 1. The first-order valence-corrected chi connectivity index (χ1v) is 6.84. The van der Waals surface area contributed by atoms with E-state index in [1.54, 1.807) is 7.11 Å². The zero-order chi connectivity index (χ0) is 14.0. The first-order valence-electron chi connectivity index (χ1n) is 6.84. The lowest BCUT2D eigenvalue weighted by atomic mass is 10.1. The minimum Gasteiger partial charge on any atom is -0.383 e. The third-order valence-corrected chi connectivity index (χ3v) is 3.28. The third-order valence-electron chi connectivity index (χ3n) is 3.28. The Labute approximate surface area is 111 Å². The lowest BCUT2D eigenvalue weighted by Gasteiger charge is -2.34. The van der Waals surface area contributed by atoms with Gasteiger partial charge in [-0.2, -0.15) is 0 Å². The van der Waals surface area contributed by atoms with E-state index < -0.39 is 0 Å². The summed E-state index contributed by atoms with van der Waals surface area (Å²) in [6, 6.07) is 0.270. The van der Waals surface area contributed by atoms with E-state index in [-0.39, 0.29) is 11.9 Å². The minimum absolute atomic E-state index is 0.0485. The molecule has 108 valence electrons. The Morgan fingerprint density at radius 2 is 2.00 bits per heavy atom. The normalized spacial score (nSPS) is 13.1. The van der Waals surface area contributed by atoms with E-state index in [1.165, 1.54) is 0 Å². The maximum Gasteiger partial charge on any atom is 0.237 e. The van der Waals surface area contributed by atoms with Crippen LogP contribution < -0.4 is 11.1 Å². The summed E-state index contributed by atoms with van der Waals surface area (Å²) < 4.78 is 4.92. The predicted octanol–water partition coefficient (Wildman–Crippen LogP) is 0.587. The smallest absolute Gasteiger partial charge is 0.237 e. The number of carbonyl (C=O) groups excluding carboxylic acids is 1. The van der Waals surface area contributed by atoms with Crippen LogP contribution in [-0.4, -0.2) is 56.2 Å². The average molecular weight is 259 g/mol. The molecule has 0 heterocycles. The second kappa shape index (κ2) is 10.3. The number of nitrogens with two attached hydrogens (primary N) is 1. The number of rotatable bonds is 10. The van der Waals surface area contributed by atoms with E-state index >= 15 is 0 Å². The molecule has 1 atom stereocenters. The van der Waals surface area contributed by atoms with Gasteiger partial charge in [-0.05, 0) is 19.8 Å². The number of carbonyl (C=O) groups is 1. The van der Waals surface area contributed by atoms with Crippen molar-refractivity contribution < 1.29 is 9.53 Å². The molecule has 18 heavy (non-hydrogen) atoms. The summed E-state index contributed by atoms with van der Waals surface area (Å²) in [5.41, 5.74) is 5.64. The SMILES string of the molecule is CCC(CC)N(CCN)C(C)C(=O)NCCOC. The Morgan fingerprint density at radius 1 is 1.39 bits per heavy atom. The van der Waals surface area contributed by atoms with Crippen LogP contribution in [0.25, 0.3) is 0 Å². The van der Waals surface area contributed by atoms with Crippen molar-refractivity contribution in [2.24, 2.45) is 5.73 Å². The Morgan fingerprint density at radius 3 is 2.44 bits per heavy atom. The van der Waals surface area contributed by atoms with E-state index in [0.29, 0.717) is 25.7 Å². The summed E-state index contributed by atoms with van der Waals surface area (Å²) >= 11 is 0. The van der Waals surface area contributed by atoms with Crippen molar-refractivity contribution in [3.8, 4) is 0 Å². The third kappa shape index (κ3) is 5.80. The molecule has 0 spiro atoms. The zero-order valence-corrected chi connectivity index (χ0v) is 12.2. The molecule has 0 saturated carbocycles. The van der Waals surface area contributed by atoms with Gasteiger partial charge in [0.25, 0.3) is 0 Å². The number of hydrogen-bond acceptors (Lipinski definition) is 4. The summed E-state index contributed by atoms with van der Waals surface area (Å²) in [4.78, 5) is 14.2. The lowest BCUT2D eigenvalue weighted by Crippen LogP contribution is -2.51. The molecular formula is C13H29N3O2. The molecule has 0 fully saturated rings. The Balaban J connectivity index is 4.43. The Bertz CT molecular complexity index is 220. The predicted molar refractivity (Wildman–Crippen MR) is 74.5 cm³/mol. The van der Waals surface area contributed by atoms with Crippen LogP contribution in [0.1, 0.15) is 33.6 Å². The van der Waals surface area contributed by atoms with Crippen molar-refractivity contribution in [3.05, 3.63) is 0 Å². The van der Waals surface area contributed by atoms with Crippen molar-refractivity contribution in [2.75, 3.05) is 33.4 Å². The number of nitrogens with zero attached hydrogens (tertiary/aromatic N) is 1. The highest BCUT2D eigenvalue weighted by Crippen LogP contribution is 2.12. The molecule has 0 aliphatic carbocycles. The van der Waals surface area contributed by atoms with Crippen LogP contribution in [0.3, 0.4) is 0 Å². The Hall–Kier alpha value is -0.650. The topological polar surface area (TPSA) is 67.6 Å². The fourth-order valence-corrected chi connectivity index (χ4v) is 2.17. The van der Waals surface area contributed by atoms with Crippen LogP contribution >= 0.6 is 0 Å². The standard InChI is InChI=1S/C13H29N3O2/c1-5-12(6-2)16(9-7-14)11(3)13(17)15-8-10-18-4/h11-12H,5-10,14H2,1-4H3,(H,15,17). The molecule has 0 aromatic carbocycles. The van der Waals surface area contributed by atoms with E-state index in [2.05, 4.69) is 24.1 Å². The van der Waals surface area contributed by atoms with Gasteiger partial charge in [0.1, 0.15) is 0 Å². The molecule has 0 aromatic rings. The van der Waals surface area contributed by atoms with Gasteiger partial charge in [0.2, 0.25) is 5.91 Å². The van der Waals surface area contributed by atoms with Gasteiger partial charge in [-0.25, -0.2) is 0 Å². The molecule has 3 N–H and O–H groups in total. The van der Waals surface area contributed by atoms with Crippen LogP contribution in [0.5, 0.6) is 0 Å². The van der Waals surface area contributed by atoms with Gasteiger partial charge in [-0.3, -0.25) is 9.69 Å². The van der Waals surface area contributed by atoms with E-state index in [4.69, 9.17) is 10.5 Å². The molecule has 0 radical (unpaired) electrons. The second-order valence-corrected chi connectivity index (χ2v) is 4.46. The Kier molecular flexibility index (Phi) is 9.92. The molecule has 1 amide bonds. The van der Waals surface area contributed by atoms with Crippen LogP contribution in [0.4, 0.5) is 0 Å². The van der Waals surface area contributed by atoms with Crippen molar-refractivity contribution in [1.29, 1.82) is 0 Å². The summed E-state index contributed by atoms with van der Waals surface area (Å²) in [6.45, 7) is 8.66. The first kappa shape index (κ1) is 17.4. The van der Waals surface area contributed by atoms with Gasteiger partial charge >= 0.3 is 0 Å². The summed E-state index contributed by atoms with van der Waals surface area (Å²) in [5.74, 6) is 0.0485. The van der Waals surface area contributed by atoms with Gasteiger partial charge in [-0.15, -0.1) is 0 Å². The molecule has 5 heteroatoms. The summed E-state index contributed by atoms with van der Waals surface area (Å²) in [7, 11) is 1.63. The molecule has 0 aliphatic rings. The van der Waals surface area contributed by atoms with Gasteiger partial charge in [-0.1, -0.05) is 13.8 Å². The van der Waals surface area contributed by atoms with Crippen molar-refractivity contribution >= 4 is 5.91 Å². The van der Waals surface area contributed by atoms with Gasteiger partial charge in [0, 0.05) is 32.8 Å². The van der Waals surface area contributed by atoms with Crippen molar-refractivity contribution in [2.45, 2.75) is 45.7 Å². The number of hydrogen-bond donors (Lipinski definition) is 2. The molecule has 0 aliphatic heterocycles. The maximum atomic E-state index is 12.0. The number of methoxy groups -OCH3 is 1. The highest BCUT2D eigenvalue weighted by molar-refractivity contribution is 5.81. The average Bonchev–Trinajstić information content (AvgIpc) is 2.38. The number of nitrogens with one attached hydrogen (secondary N) is 1. The van der Waals surface area contributed by atoms with E-state index in [9.17, 15) is 4.79 Å². The lowest BCUT2D eigenvalue weighted by molar-refractivity contribution is -0.127. The molecule has 1 unspecified atom stereocenters. The van der Waals surface area contributed by atoms with Crippen LogP contribution in [0.2, 0.25) is 0 Å². The summed E-state index contributed by atoms with van der Waals surface area (Å²) in [5, 5.41) is 2.88. The second-order valence-electron chi connectivity index (χ2n) is 4.46. The first-order chi connectivity index (χ1) is 8.62. The molecule has 0 aromatic heterocycles. The van der Waals surface area contributed by atoms with Crippen molar-refractivity contribution in [3.63, 3.8) is 0 Å². The monoisotopic (exact) mass is 259 g/mol. The molecule has 0 rings (SSSR count). The maximum absolute atomic E-state index is 12.0. The van der Waals surface area contributed by atoms with E-state index in [1.807, 2.05) is 6.92 Å². The van der Waals surface area contributed by atoms with Gasteiger partial charge in [0.15, 0.2) is 0 Å².